The van der Waals surface area contributed by atoms with Gasteiger partial charge in [0.05, 0.1) is 0 Å². The van der Waals surface area contributed by atoms with E-state index in [4.69, 9.17) is 5.11 Å². The zero-order valence-corrected chi connectivity index (χ0v) is 10.6. The van der Waals surface area contributed by atoms with Crippen LogP contribution in [0.5, 0.6) is 0 Å². The summed E-state index contributed by atoms with van der Waals surface area (Å²) in [4.78, 5) is 11.9. The van der Waals surface area contributed by atoms with Crippen molar-refractivity contribution in [2.24, 2.45) is 5.92 Å². The minimum Gasteiger partial charge on any atom is -0.396 e. The molecule has 0 aliphatic heterocycles. The summed E-state index contributed by atoms with van der Waals surface area (Å²) < 4.78 is 0. The normalized spacial score (nSPS) is 15.9. The lowest BCUT2D eigenvalue weighted by Crippen LogP contribution is -2.18. The van der Waals surface area contributed by atoms with Crippen molar-refractivity contribution in [2.45, 2.75) is 38.5 Å². The lowest BCUT2D eigenvalue weighted by molar-refractivity contribution is 0.0967. The molecule has 92 valence electrons. The van der Waals surface area contributed by atoms with E-state index in [0.717, 1.165) is 24.8 Å². The number of carbonyl (C=O) groups is 1. The molecule has 0 unspecified atom stereocenters. The largest absolute Gasteiger partial charge is 0.396 e. The van der Waals surface area contributed by atoms with Crippen molar-refractivity contribution < 1.29 is 9.90 Å². The first-order chi connectivity index (χ1) is 8.04. The molecule has 1 fully saturated rings. The topological polar surface area (TPSA) is 37.3 Å². The van der Waals surface area contributed by atoms with Gasteiger partial charge in [0.1, 0.15) is 0 Å². The predicted molar refractivity (Wildman–Crippen MR) is 68.2 cm³/mol. The quantitative estimate of drug-likeness (QED) is 0.792. The summed E-state index contributed by atoms with van der Waals surface area (Å²) in [7, 11) is 0. The van der Waals surface area contributed by atoms with Gasteiger partial charge >= 0.3 is 0 Å². The second-order valence-electron chi connectivity index (χ2n) is 5.57. The van der Waals surface area contributed by atoms with Gasteiger partial charge in [-0.3, -0.25) is 4.79 Å². The molecule has 0 spiro atoms. The minimum atomic E-state index is -0.0318. The zero-order chi connectivity index (χ0) is 12.5. The molecule has 1 aromatic carbocycles. The molecular weight excluding hydrogens is 212 g/mol. The van der Waals surface area contributed by atoms with E-state index in [1.54, 1.807) is 0 Å². The smallest absolute Gasteiger partial charge is 0.165 e. The maximum atomic E-state index is 11.9. The second kappa shape index (κ2) is 4.61. The van der Waals surface area contributed by atoms with Gasteiger partial charge in [0.2, 0.25) is 0 Å². The van der Waals surface area contributed by atoms with E-state index in [1.807, 2.05) is 24.3 Å². The van der Waals surface area contributed by atoms with E-state index >= 15 is 0 Å². The summed E-state index contributed by atoms with van der Waals surface area (Å²) in [6.07, 6.45) is 2.84. The van der Waals surface area contributed by atoms with E-state index in [9.17, 15) is 4.79 Å². The Kier molecular flexibility index (Phi) is 3.34. The standard InChI is InChI=1S/C15H20O2/c1-15(2,9-10-16)13-7-5-12(6-8-13)14(17)11-3-4-11/h5-8,11,16H,3-4,9-10H2,1-2H3. The molecule has 0 saturated heterocycles. The second-order valence-corrected chi connectivity index (χ2v) is 5.57. The monoisotopic (exact) mass is 232 g/mol. The number of hydrogen-bond acceptors (Lipinski definition) is 2. The van der Waals surface area contributed by atoms with Crippen molar-refractivity contribution in [1.29, 1.82) is 0 Å². The molecule has 0 heterocycles. The van der Waals surface area contributed by atoms with Crippen LogP contribution in [-0.2, 0) is 5.41 Å². The fraction of sp³-hybridized carbons (Fsp3) is 0.533. The molecule has 1 aliphatic carbocycles. The van der Waals surface area contributed by atoms with Gasteiger partial charge in [-0.1, -0.05) is 38.1 Å². The van der Waals surface area contributed by atoms with Crippen molar-refractivity contribution >= 4 is 5.78 Å². The van der Waals surface area contributed by atoms with E-state index in [1.165, 1.54) is 5.56 Å². The molecule has 1 saturated carbocycles. The Balaban J connectivity index is 2.14. The van der Waals surface area contributed by atoms with Gasteiger partial charge in [0, 0.05) is 18.1 Å². The molecule has 2 nitrogen and oxygen atoms in total. The number of hydrogen-bond donors (Lipinski definition) is 1. The summed E-state index contributed by atoms with van der Waals surface area (Å²) >= 11 is 0. The average molecular weight is 232 g/mol. The lowest BCUT2D eigenvalue weighted by Gasteiger charge is -2.24. The maximum Gasteiger partial charge on any atom is 0.165 e. The molecule has 0 bridgehead atoms. The number of Topliss-reactive ketones (excluding diaryl/α,β-unsaturated/α-hetero) is 1. The highest BCUT2D eigenvalue weighted by Gasteiger charge is 2.30. The maximum absolute atomic E-state index is 11.9. The molecule has 1 aromatic rings. The van der Waals surface area contributed by atoms with Gasteiger partial charge in [-0.2, -0.15) is 0 Å². The van der Waals surface area contributed by atoms with Crippen LogP contribution in [0.25, 0.3) is 0 Å². The van der Waals surface area contributed by atoms with E-state index < -0.39 is 0 Å². The van der Waals surface area contributed by atoms with E-state index in [0.29, 0.717) is 0 Å². The van der Waals surface area contributed by atoms with Gasteiger partial charge in [0.25, 0.3) is 0 Å². The van der Waals surface area contributed by atoms with Crippen LogP contribution >= 0.6 is 0 Å². The molecule has 0 radical (unpaired) electrons. The van der Waals surface area contributed by atoms with Gasteiger partial charge in [-0.15, -0.1) is 0 Å². The highest BCUT2D eigenvalue weighted by molar-refractivity contribution is 5.99. The third-order valence-electron chi connectivity index (χ3n) is 3.64. The summed E-state index contributed by atoms with van der Waals surface area (Å²) in [6, 6.07) is 7.89. The molecule has 17 heavy (non-hydrogen) atoms. The molecule has 1 N–H and O–H groups in total. The third-order valence-corrected chi connectivity index (χ3v) is 3.64. The van der Waals surface area contributed by atoms with Crippen LogP contribution in [0.2, 0.25) is 0 Å². The number of aliphatic hydroxyl groups excluding tert-OH is 1. The SMILES string of the molecule is CC(C)(CCO)c1ccc(C(=O)C2CC2)cc1. The summed E-state index contributed by atoms with van der Waals surface area (Å²) in [5, 5.41) is 9.03. The lowest BCUT2D eigenvalue weighted by atomic mass is 9.81. The summed E-state index contributed by atoms with van der Waals surface area (Å²) in [5.41, 5.74) is 1.98. The van der Waals surface area contributed by atoms with Crippen molar-refractivity contribution in [3.63, 3.8) is 0 Å². The molecule has 2 heteroatoms. The first kappa shape index (κ1) is 12.3. The molecule has 1 aliphatic rings. The first-order valence-corrected chi connectivity index (χ1v) is 6.30. The highest BCUT2D eigenvalue weighted by Crippen LogP contribution is 2.33. The van der Waals surface area contributed by atoms with Crippen LogP contribution in [0.4, 0.5) is 0 Å². The predicted octanol–water partition coefficient (Wildman–Crippen LogP) is 2.94. The number of benzene rings is 1. The van der Waals surface area contributed by atoms with Crippen molar-refractivity contribution in [3.05, 3.63) is 35.4 Å². The first-order valence-electron chi connectivity index (χ1n) is 6.30. The van der Waals surface area contributed by atoms with Crippen LogP contribution < -0.4 is 0 Å². The summed E-state index contributed by atoms with van der Waals surface area (Å²) in [5.74, 6) is 0.572. The van der Waals surface area contributed by atoms with Crippen LogP contribution in [0.1, 0.15) is 49.0 Å². The summed E-state index contributed by atoms with van der Waals surface area (Å²) in [6.45, 7) is 4.41. The minimum absolute atomic E-state index is 0.0318. The van der Waals surface area contributed by atoms with Crippen LogP contribution in [-0.4, -0.2) is 17.5 Å². The fourth-order valence-corrected chi connectivity index (χ4v) is 2.09. The Morgan fingerprint density at radius 1 is 1.29 bits per heavy atom. The Morgan fingerprint density at radius 2 is 1.88 bits per heavy atom. The van der Waals surface area contributed by atoms with E-state index in [2.05, 4.69) is 13.8 Å². The highest BCUT2D eigenvalue weighted by atomic mass is 16.3. The average Bonchev–Trinajstić information content (AvgIpc) is 3.12. The Labute approximate surface area is 103 Å². The molecular formula is C15H20O2. The number of rotatable bonds is 5. The van der Waals surface area contributed by atoms with Gasteiger partial charge < -0.3 is 5.11 Å². The van der Waals surface area contributed by atoms with Gasteiger partial charge in [-0.25, -0.2) is 0 Å². The Morgan fingerprint density at radius 3 is 2.35 bits per heavy atom. The third kappa shape index (κ3) is 2.75. The van der Waals surface area contributed by atoms with Crippen molar-refractivity contribution in [2.75, 3.05) is 6.61 Å². The Bertz CT molecular complexity index is 399. The number of carbonyl (C=O) groups excluding carboxylic acids is 1. The number of aliphatic hydroxyl groups is 1. The van der Waals surface area contributed by atoms with Gasteiger partial charge in [0.15, 0.2) is 5.78 Å². The molecule has 0 aromatic heterocycles. The van der Waals surface area contributed by atoms with E-state index in [-0.39, 0.29) is 23.7 Å². The van der Waals surface area contributed by atoms with Crippen LogP contribution in [0, 0.1) is 5.92 Å². The number of ketones is 1. The van der Waals surface area contributed by atoms with Crippen LogP contribution in [0.3, 0.4) is 0 Å². The fourth-order valence-electron chi connectivity index (χ4n) is 2.09. The Hall–Kier alpha value is -1.15. The van der Waals surface area contributed by atoms with Gasteiger partial charge in [-0.05, 0) is 30.2 Å². The zero-order valence-electron chi connectivity index (χ0n) is 10.6. The van der Waals surface area contributed by atoms with Crippen LogP contribution in [0.15, 0.2) is 24.3 Å². The van der Waals surface area contributed by atoms with Crippen molar-refractivity contribution in [3.8, 4) is 0 Å². The molecule has 2 rings (SSSR count). The molecule has 0 amide bonds. The van der Waals surface area contributed by atoms with Crippen molar-refractivity contribution in [1.82, 2.24) is 0 Å². The molecule has 0 atom stereocenters.